The van der Waals surface area contributed by atoms with E-state index in [9.17, 15) is 19.2 Å². The number of carbonyl (C=O) groups is 3. The topological polar surface area (TPSA) is 158 Å². The van der Waals surface area contributed by atoms with Gasteiger partial charge in [0.25, 0.3) is 5.56 Å². The summed E-state index contributed by atoms with van der Waals surface area (Å²) in [5, 5.41) is 8.01. The zero-order valence-electron chi connectivity index (χ0n) is 28.5. The van der Waals surface area contributed by atoms with Crippen LogP contribution in [0.1, 0.15) is 43.4 Å². The summed E-state index contributed by atoms with van der Waals surface area (Å²) in [6.45, 7) is 5.66. The average molecular weight is 703 g/mol. The van der Waals surface area contributed by atoms with Crippen LogP contribution in [-0.4, -0.2) is 90.8 Å². The van der Waals surface area contributed by atoms with Crippen LogP contribution in [0.15, 0.2) is 76.7 Å². The Morgan fingerprint density at radius 3 is 2.34 bits per heavy atom. The van der Waals surface area contributed by atoms with Gasteiger partial charge in [-0.2, -0.15) is 0 Å². The van der Waals surface area contributed by atoms with Gasteiger partial charge < -0.3 is 30.7 Å². The molecule has 12 nitrogen and oxygen atoms in total. The summed E-state index contributed by atoms with van der Waals surface area (Å²) in [7, 11) is 0. The number of aromatic nitrogens is 2. The monoisotopic (exact) mass is 702 g/mol. The Morgan fingerprint density at radius 1 is 0.940 bits per heavy atom. The molecule has 0 radical (unpaired) electrons. The van der Waals surface area contributed by atoms with E-state index in [2.05, 4.69) is 10.6 Å². The Morgan fingerprint density at radius 2 is 1.62 bits per heavy atom. The SMILES string of the molecule is CCn1c(SC(C(=O)N2CCC[C@@H]2CNC(=O)CCC(=O)NCCOCCOCCN)c2ccccc2)nc2cc3ccccc3cc2c1=O. The molecule has 1 unspecified atom stereocenters. The summed E-state index contributed by atoms with van der Waals surface area (Å²) < 4.78 is 12.3. The fourth-order valence-corrected chi connectivity index (χ4v) is 7.27. The third kappa shape index (κ3) is 9.69. The molecule has 266 valence electrons. The molecular formula is C37H46N6O6S. The van der Waals surface area contributed by atoms with Crippen LogP contribution in [0.5, 0.6) is 0 Å². The lowest BCUT2D eigenvalue weighted by Crippen LogP contribution is -2.44. The van der Waals surface area contributed by atoms with Gasteiger partial charge in [0.15, 0.2) is 5.16 Å². The highest BCUT2D eigenvalue weighted by Crippen LogP contribution is 2.38. The molecule has 0 spiro atoms. The van der Waals surface area contributed by atoms with Crippen LogP contribution < -0.4 is 21.9 Å². The maximum Gasteiger partial charge on any atom is 0.262 e. The summed E-state index contributed by atoms with van der Waals surface area (Å²) in [4.78, 5) is 59.7. The van der Waals surface area contributed by atoms with Crippen LogP contribution in [0.25, 0.3) is 21.7 Å². The molecule has 1 fully saturated rings. The zero-order valence-corrected chi connectivity index (χ0v) is 29.3. The minimum atomic E-state index is -0.652. The molecule has 5 rings (SSSR count). The molecule has 4 N–H and O–H groups in total. The molecule has 1 aromatic heterocycles. The van der Waals surface area contributed by atoms with Crippen LogP contribution in [0.3, 0.4) is 0 Å². The number of nitrogens with zero attached hydrogens (tertiary/aromatic N) is 3. The quantitative estimate of drug-likeness (QED) is 0.0612. The number of carbonyl (C=O) groups excluding carboxylic acids is 3. The maximum absolute atomic E-state index is 14.4. The van der Waals surface area contributed by atoms with Crippen LogP contribution in [0.4, 0.5) is 0 Å². The van der Waals surface area contributed by atoms with Gasteiger partial charge >= 0.3 is 0 Å². The van der Waals surface area contributed by atoms with Crippen LogP contribution >= 0.6 is 11.8 Å². The minimum Gasteiger partial charge on any atom is -0.378 e. The van der Waals surface area contributed by atoms with Crippen molar-refractivity contribution in [2.45, 2.75) is 55.6 Å². The van der Waals surface area contributed by atoms with Gasteiger partial charge in [-0.15, -0.1) is 0 Å². The van der Waals surface area contributed by atoms with Crippen molar-refractivity contribution in [3.8, 4) is 0 Å². The Balaban J connectivity index is 1.21. The number of rotatable bonds is 18. The van der Waals surface area contributed by atoms with Gasteiger partial charge in [0.05, 0.1) is 37.3 Å². The summed E-state index contributed by atoms with van der Waals surface area (Å²) in [5.41, 5.74) is 6.62. The van der Waals surface area contributed by atoms with Crippen molar-refractivity contribution < 1.29 is 23.9 Å². The minimum absolute atomic E-state index is 0.0419. The first kappa shape index (κ1) is 37.0. The third-order valence-corrected chi connectivity index (χ3v) is 9.86. The normalized spacial score (nSPS) is 15.0. The molecule has 1 saturated heterocycles. The molecule has 2 atom stereocenters. The van der Waals surface area contributed by atoms with E-state index in [0.29, 0.717) is 75.2 Å². The molecule has 50 heavy (non-hydrogen) atoms. The Labute approximate surface area is 296 Å². The van der Waals surface area contributed by atoms with Crippen LogP contribution in [0.2, 0.25) is 0 Å². The van der Waals surface area contributed by atoms with Gasteiger partial charge in [0.1, 0.15) is 5.25 Å². The third-order valence-electron chi connectivity index (χ3n) is 8.63. The number of benzene rings is 3. The van der Waals surface area contributed by atoms with Crippen molar-refractivity contribution in [1.82, 2.24) is 25.1 Å². The van der Waals surface area contributed by atoms with Crippen LogP contribution in [0, 0.1) is 0 Å². The number of likely N-dealkylation sites (tertiary alicyclic amines) is 1. The summed E-state index contributed by atoms with van der Waals surface area (Å²) in [5.74, 6) is -0.577. The van der Waals surface area contributed by atoms with E-state index >= 15 is 0 Å². The highest BCUT2D eigenvalue weighted by Gasteiger charge is 2.35. The van der Waals surface area contributed by atoms with E-state index in [-0.39, 0.29) is 42.2 Å². The molecule has 0 saturated carbocycles. The molecule has 0 aliphatic carbocycles. The van der Waals surface area contributed by atoms with Gasteiger partial charge in [0, 0.05) is 51.6 Å². The fourth-order valence-electron chi connectivity index (χ4n) is 6.04. The number of hydrogen-bond donors (Lipinski definition) is 3. The van der Waals surface area contributed by atoms with Gasteiger partial charge in [0.2, 0.25) is 17.7 Å². The zero-order chi connectivity index (χ0) is 35.3. The highest BCUT2D eigenvalue weighted by molar-refractivity contribution is 8.00. The van der Waals surface area contributed by atoms with Gasteiger partial charge in [-0.25, -0.2) is 4.98 Å². The van der Waals surface area contributed by atoms with Crippen molar-refractivity contribution in [3.63, 3.8) is 0 Å². The van der Waals surface area contributed by atoms with Crippen LogP contribution in [-0.2, 0) is 30.4 Å². The van der Waals surface area contributed by atoms with Crippen molar-refractivity contribution >= 4 is 51.2 Å². The number of nitrogens with one attached hydrogen (secondary N) is 2. The standard InChI is InChI=1S/C37H46N6O6S/c1-2-42-35(46)30-23-27-11-6-7-12-28(27)24-31(30)41-37(42)50-34(26-9-4-3-5-10-26)36(47)43-18-8-13-29(43)25-40-33(45)15-14-32(44)39-17-20-49-22-21-48-19-16-38/h3-7,9-12,23-24,29,34H,2,8,13-22,25,38H2,1H3,(H,39,44)(H,40,45)/t29-,34?/m1/s1. The molecule has 1 aliphatic heterocycles. The van der Waals surface area contributed by atoms with Crippen molar-refractivity contribution in [3.05, 3.63) is 82.6 Å². The highest BCUT2D eigenvalue weighted by atomic mass is 32.2. The molecule has 2 heterocycles. The number of hydrogen-bond acceptors (Lipinski definition) is 9. The lowest BCUT2D eigenvalue weighted by atomic mass is 10.1. The van der Waals surface area contributed by atoms with Crippen molar-refractivity contribution in [2.24, 2.45) is 5.73 Å². The smallest absolute Gasteiger partial charge is 0.262 e. The first-order chi connectivity index (χ1) is 24.4. The Kier molecular flexibility index (Phi) is 13.8. The fraction of sp³-hybridized carbons (Fsp3) is 0.432. The second kappa shape index (κ2) is 18.6. The largest absolute Gasteiger partial charge is 0.378 e. The maximum atomic E-state index is 14.4. The predicted molar refractivity (Wildman–Crippen MR) is 195 cm³/mol. The number of thioether (sulfide) groups is 1. The number of nitrogens with two attached hydrogens (primary N) is 1. The van der Waals surface area contributed by atoms with Crippen molar-refractivity contribution in [2.75, 3.05) is 52.6 Å². The summed E-state index contributed by atoms with van der Waals surface area (Å²) >= 11 is 1.28. The summed E-state index contributed by atoms with van der Waals surface area (Å²) in [6.07, 6.45) is 1.65. The molecule has 1 aliphatic rings. The first-order valence-electron chi connectivity index (χ1n) is 17.2. The molecule has 3 aromatic carbocycles. The van der Waals surface area contributed by atoms with E-state index in [1.54, 1.807) is 4.57 Å². The Hall–Kier alpha value is -4.30. The number of amides is 3. The van der Waals surface area contributed by atoms with E-state index in [4.69, 9.17) is 20.2 Å². The predicted octanol–water partition coefficient (Wildman–Crippen LogP) is 3.40. The van der Waals surface area contributed by atoms with Gasteiger partial charge in [-0.3, -0.25) is 23.7 Å². The average Bonchev–Trinajstić information content (AvgIpc) is 3.61. The van der Waals surface area contributed by atoms with Crippen molar-refractivity contribution in [1.29, 1.82) is 0 Å². The van der Waals surface area contributed by atoms with E-state index in [1.165, 1.54) is 11.8 Å². The number of fused-ring (bicyclic) bond motifs is 2. The van der Waals surface area contributed by atoms with E-state index in [0.717, 1.165) is 29.2 Å². The van der Waals surface area contributed by atoms with E-state index in [1.807, 2.05) is 78.6 Å². The molecule has 13 heteroatoms. The second-order valence-corrected chi connectivity index (χ2v) is 13.1. The molecular weight excluding hydrogens is 657 g/mol. The Bertz CT molecular complexity index is 1820. The molecule has 3 amide bonds. The van der Waals surface area contributed by atoms with Gasteiger partial charge in [-0.05, 0) is 48.2 Å². The lowest BCUT2D eigenvalue weighted by Gasteiger charge is -2.29. The molecule has 4 aromatic rings. The molecule has 0 bridgehead atoms. The summed E-state index contributed by atoms with van der Waals surface area (Å²) in [6, 6.07) is 21.0. The second-order valence-electron chi connectivity index (χ2n) is 12.1. The van der Waals surface area contributed by atoms with Gasteiger partial charge in [-0.1, -0.05) is 66.4 Å². The first-order valence-corrected chi connectivity index (χ1v) is 18.1. The van der Waals surface area contributed by atoms with E-state index < -0.39 is 5.25 Å². The lowest BCUT2D eigenvalue weighted by molar-refractivity contribution is -0.132. The number of ether oxygens (including phenoxy) is 2.